The van der Waals surface area contributed by atoms with Gasteiger partial charge in [-0.25, -0.2) is 9.36 Å². The maximum absolute atomic E-state index is 12.3. The van der Waals surface area contributed by atoms with Crippen LogP contribution in [0.2, 0.25) is 0 Å². The molecule has 7 heteroatoms. The van der Waals surface area contributed by atoms with Crippen molar-refractivity contribution in [2.75, 3.05) is 0 Å². The number of rotatable bonds is 6. The fraction of sp³-hybridized carbons (Fsp3) is 0.100. The molecular weight excluding hydrogens is 340 g/mol. The van der Waals surface area contributed by atoms with Crippen LogP contribution in [-0.2, 0) is 13.1 Å². The fourth-order valence-electron chi connectivity index (χ4n) is 2.70. The Kier molecular flexibility index (Phi) is 4.74. The normalized spacial score (nSPS) is 10.7. The molecule has 0 bridgehead atoms. The zero-order valence-corrected chi connectivity index (χ0v) is 14.6. The van der Waals surface area contributed by atoms with Crippen molar-refractivity contribution >= 4 is 5.91 Å². The topological polar surface area (TPSA) is 77.6 Å². The molecule has 7 nitrogen and oxygen atoms in total. The lowest BCUT2D eigenvalue weighted by Gasteiger charge is -2.01. The molecule has 2 aromatic heterocycles. The highest BCUT2D eigenvalue weighted by Crippen LogP contribution is 2.08. The van der Waals surface area contributed by atoms with Crippen LogP contribution in [0.5, 0.6) is 0 Å². The number of hydrogen-bond donors (Lipinski definition) is 1. The van der Waals surface area contributed by atoms with Gasteiger partial charge >= 0.3 is 0 Å². The number of carbonyl (C=O) groups excluding carboxylic acids is 1. The number of nitrogens with one attached hydrogen (secondary N) is 1. The Morgan fingerprint density at radius 3 is 2.44 bits per heavy atom. The molecule has 0 aliphatic carbocycles. The highest BCUT2D eigenvalue weighted by Gasteiger charge is 2.11. The summed E-state index contributed by atoms with van der Waals surface area (Å²) in [6.45, 7) is 0.947. The third-order valence-electron chi connectivity index (χ3n) is 4.07. The van der Waals surface area contributed by atoms with E-state index in [9.17, 15) is 4.79 Å². The van der Waals surface area contributed by atoms with Gasteiger partial charge in [0.25, 0.3) is 5.91 Å². The molecule has 0 atom stereocenters. The van der Waals surface area contributed by atoms with E-state index >= 15 is 0 Å². The molecule has 0 aliphatic heterocycles. The summed E-state index contributed by atoms with van der Waals surface area (Å²) in [6, 6.07) is 19.7. The van der Waals surface area contributed by atoms with Gasteiger partial charge in [-0.3, -0.25) is 4.79 Å². The molecule has 2 aromatic carbocycles. The lowest BCUT2D eigenvalue weighted by atomic mass is 10.2. The summed E-state index contributed by atoms with van der Waals surface area (Å²) in [5.74, 6) is -0.262. The SMILES string of the molecule is O=C(NCc1cnn(-c2ccccc2)c1)c1cn(Cc2ccccc2)nn1. The summed E-state index contributed by atoms with van der Waals surface area (Å²) >= 11 is 0. The van der Waals surface area contributed by atoms with Crippen LogP contribution in [0, 0.1) is 0 Å². The van der Waals surface area contributed by atoms with Crippen molar-refractivity contribution in [3.05, 3.63) is 96.1 Å². The van der Waals surface area contributed by atoms with Crippen molar-refractivity contribution in [2.24, 2.45) is 0 Å². The molecule has 1 amide bonds. The van der Waals surface area contributed by atoms with E-state index in [1.54, 1.807) is 21.8 Å². The number of carbonyl (C=O) groups is 1. The summed E-state index contributed by atoms with van der Waals surface area (Å²) < 4.78 is 3.43. The van der Waals surface area contributed by atoms with Gasteiger partial charge < -0.3 is 5.32 Å². The number of para-hydroxylation sites is 1. The van der Waals surface area contributed by atoms with Crippen LogP contribution in [0.1, 0.15) is 21.6 Å². The van der Waals surface area contributed by atoms with Gasteiger partial charge in [0, 0.05) is 18.3 Å². The molecule has 0 aliphatic rings. The predicted octanol–water partition coefficient (Wildman–Crippen LogP) is 2.44. The van der Waals surface area contributed by atoms with E-state index in [-0.39, 0.29) is 5.91 Å². The zero-order valence-electron chi connectivity index (χ0n) is 14.6. The maximum atomic E-state index is 12.3. The van der Waals surface area contributed by atoms with Gasteiger partial charge in [0.1, 0.15) is 0 Å². The number of aromatic nitrogens is 5. The molecular formula is C20H18N6O. The van der Waals surface area contributed by atoms with Crippen molar-refractivity contribution in [1.29, 1.82) is 0 Å². The van der Waals surface area contributed by atoms with E-state index in [1.165, 1.54) is 0 Å². The summed E-state index contributed by atoms with van der Waals surface area (Å²) in [7, 11) is 0. The summed E-state index contributed by atoms with van der Waals surface area (Å²) in [5.41, 5.74) is 3.27. The number of nitrogens with zero attached hydrogens (tertiary/aromatic N) is 5. The van der Waals surface area contributed by atoms with Crippen LogP contribution >= 0.6 is 0 Å². The van der Waals surface area contributed by atoms with Crippen LogP contribution in [0.4, 0.5) is 0 Å². The molecule has 134 valence electrons. The second kappa shape index (κ2) is 7.65. The third kappa shape index (κ3) is 4.09. The number of hydrogen-bond acceptors (Lipinski definition) is 4. The molecule has 0 spiro atoms. The minimum atomic E-state index is -0.262. The Bertz CT molecular complexity index is 1020. The first-order chi connectivity index (χ1) is 13.3. The minimum Gasteiger partial charge on any atom is -0.346 e. The fourth-order valence-corrected chi connectivity index (χ4v) is 2.70. The summed E-state index contributed by atoms with van der Waals surface area (Å²) in [5, 5.41) is 15.1. The van der Waals surface area contributed by atoms with E-state index in [1.807, 2.05) is 66.9 Å². The average molecular weight is 358 g/mol. The maximum Gasteiger partial charge on any atom is 0.273 e. The first-order valence-corrected chi connectivity index (χ1v) is 8.59. The van der Waals surface area contributed by atoms with Crippen LogP contribution in [-0.4, -0.2) is 30.7 Å². The van der Waals surface area contributed by atoms with Crippen molar-refractivity contribution in [3.8, 4) is 5.69 Å². The van der Waals surface area contributed by atoms with Gasteiger partial charge in [-0.2, -0.15) is 5.10 Å². The average Bonchev–Trinajstić information content (AvgIpc) is 3.37. The largest absolute Gasteiger partial charge is 0.346 e. The van der Waals surface area contributed by atoms with Crippen LogP contribution in [0.15, 0.2) is 79.3 Å². The van der Waals surface area contributed by atoms with Gasteiger partial charge in [-0.15, -0.1) is 5.10 Å². The van der Waals surface area contributed by atoms with E-state index in [4.69, 9.17) is 0 Å². The monoisotopic (exact) mass is 358 g/mol. The molecule has 0 saturated heterocycles. The first-order valence-electron chi connectivity index (χ1n) is 8.59. The van der Waals surface area contributed by atoms with Crippen LogP contribution in [0.3, 0.4) is 0 Å². The molecule has 0 fully saturated rings. The van der Waals surface area contributed by atoms with E-state index in [0.717, 1.165) is 16.8 Å². The molecule has 4 rings (SSSR count). The predicted molar refractivity (Wildman–Crippen MR) is 100 cm³/mol. The molecule has 0 unspecified atom stereocenters. The lowest BCUT2D eigenvalue weighted by Crippen LogP contribution is -2.23. The Labute approximate surface area is 156 Å². The van der Waals surface area contributed by atoms with Crippen molar-refractivity contribution in [3.63, 3.8) is 0 Å². The molecule has 1 N–H and O–H groups in total. The quantitative estimate of drug-likeness (QED) is 0.574. The van der Waals surface area contributed by atoms with Crippen LogP contribution in [0.25, 0.3) is 5.69 Å². The standard InChI is InChI=1S/C20H18N6O/c27-20(19-15-25(24-23-19)13-16-7-3-1-4-8-16)21-11-17-12-22-26(14-17)18-9-5-2-6-10-18/h1-10,12,14-15H,11,13H2,(H,21,27). The Hall–Kier alpha value is -3.74. The van der Waals surface area contributed by atoms with Gasteiger partial charge in [0.05, 0.1) is 24.6 Å². The van der Waals surface area contributed by atoms with E-state index in [0.29, 0.717) is 18.8 Å². The smallest absolute Gasteiger partial charge is 0.273 e. The van der Waals surface area contributed by atoms with Gasteiger partial charge in [0.2, 0.25) is 0 Å². The molecule has 0 saturated carbocycles. The third-order valence-corrected chi connectivity index (χ3v) is 4.07. The minimum absolute atomic E-state index is 0.262. The molecule has 0 radical (unpaired) electrons. The first kappa shape index (κ1) is 16.7. The van der Waals surface area contributed by atoms with E-state index in [2.05, 4.69) is 20.7 Å². The Balaban J connectivity index is 1.35. The Morgan fingerprint density at radius 1 is 0.926 bits per heavy atom. The summed E-state index contributed by atoms with van der Waals surface area (Å²) in [4.78, 5) is 12.3. The van der Waals surface area contributed by atoms with E-state index < -0.39 is 0 Å². The van der Waals surface area contributed by atoms with Gasteiger partial charge in [0.15, 0.2) is 5.69 Å². The number of amides is 1. The highest BCUT2D eigenvalue weighted by atomic mass is 16.2. The van der Waals surface area contributed by atoms with Gasteiger partial charge in [-0.05, 0) is 17.7 Å². The zero-order chi connectivity index (χ0) is 18.5. The van der Waals surface area contributed by atoms with Crippen LogP contribution < -0.4 is 5.32 Å². The molecule has 2 heterocycles. The second-order valence-electron chi connectivity index (χ2n) is 6.10. The molecule has 4 aromatic rings. The van der Waals surface area contributed by atoms with Crippen molar-refractivity contribution in [2.45, 2.75) is 13.1 Å². The van der Waals surface area contributed by atoms with Crippen molar-refractivity contribution < 1.29 is 4.79 Å². The highest BCUT2D eigenvalue weighted by molar-refractivity contribution is 5.91. The van der Waals surface area contributed by atoms with Crippen molar-refractivity contribution in [1.82, 2.24) is 30.1 Å². The number of benzene rings is 2. The Morgan fingerprint density at radius 2 is 1.67 bits per heavy atom. The second-order valence-corrected chi connectivity index (χ2v) is 6.10. The summed E-state index contributed by atoms with van der Waals surface area (Å²) in [6.07, 6.45) is 5.27. The lowest BCUT2D eigenvalue weighted by molar-refractivity contribution is 0.0946. The molecule has 27 heavy (non-hydrogen) atoms. The van der Waals surface area contributed by atoms with Gasteiger partial charge in [-0.1, -0.05) is 53.7 Å².